The predicted octanol–water partition coefficient (Wildman–Crippen LogP) is 4.83. The number of carbonyl (C=O) groups is 1. The molecule has 23 heavy (non-hydrogen) atoms. The Morgan fingerprint density at radius 2 is 2.00 bits per heavy atom. The second-order valence-corrected chi connectivity index (χ2v) is 6.67. The Labute approximate surface area is 141 Å². The maximum atomic E-state index is 13.2. The summed E-state index contributed by atoms with van der Waals surface area (Å²) in [5.74, 6) is -0.598. The van der Waals surface area contributed by atoms with Gasteiger partial charge in [0.2, 0.25) is 0 Å². The van der Waals surface area contributed by atoms with Crippen LogP contribution in [0.25, 0.3) is 11.6 Å². The van der Waals surface area contributed by atoms with E-state index in [2.05, 4.69) is 10.3 Å². The Kier molecular flexibility index (Phi) is 4.64. The first-order valence-corrected chi connectivity index (χ1v) is 8.62. The van der Waals surface area contributed by atoms with Crippen LogP contribution >= 0.6 is 22.7 Å². The summed E-state index contributed by atoms with van der Waals surface area (Å²) in [6.45, 7) is 1.87. The van der Waals surface area contributed by atoms with Crippen molar-refractivity contribution in [2.75, 3.05) is 5.32 Å². The molecule has 0 saturated carbocycles. The number of carbonyl (C=O) groups excluding carboxylic acids is 1. The van der Waals surface area contributed by atoms with Crippen molar-refractivity contribution >= 4 is 45.4 Å². The van der Waals surface area contributed by atoms with Crippen molar-refractivity contribution in [2.24, 2.45) is 0 Å². The first-order chi connectivity index (χ1) is 11.1. The zero-order chi connectivity index (χ0) is 16.2. The normalized spacial score (nSPS) is 11.5. The zero-order valence-electron chi connectivity index (χ0n) is 12.2. The van der Waals surface area contributed by atoms with E-state index in [9.17, 15) is 9.18 Å². The molecule has 6 heteroatoms. The molecule has 0 fully saturated rings. The fraction of sp³-hybridized carbons (Fsp3) is 0.0588. The van der Waals surface area contributed by atoms with Crippen molar-refractivity contribution in [1.82, 2.24) is 4.98 Å². The number of thiazole rings is 1. The van der Waals surface area contributed by atoms with Gasteiger partial charge in [0, 0.05) is 15.8 Å². The van der Waals surface area contributed by atoms with E-state index in [1.807, 2.05) is 29.8 Å². The molecule has 0 spiro atoms. The van der Waals surface area contributed by atoms with Gasteiger partial charge in [-0.2, -0.15) is 0 Å². The Balaban J connectivity index is 1.94. The maximum Gasteiger partial charge on any atom is 0.258 e. The van der Waals surface area contributed by atoms with Crippen LogP contribution in [0.2, 0.25) is 0 Å². The van der Waals surface area contributed by atoms with Gasteiger partial charge < -0.3 is 0 Å². The number of hydrogen-bond donors (Lipinski definition) is 1. The van der Waals surface area contributed by atoms with E-state index in [1.165, 1.54) is 34.8 Å². The van der Waals surface area contributed by atoms with Crippen molar-refractivity contribution in [3.05, 3.63) is 69.1 Å². The topological polar surface area (TPSA) is 42.0 Å². The number of halogens is 1. The Hall–Kier alpha value is -2.31. The molecule has 0 saturated heterocycles. The van der Waals surface area contributed by atoms with E-state index in [1.54, 1.807) is 18.2 Å². The van der Waals surface area contributed by atoms with Gasteiger partial charge in [0.25, 0.3) is 5.91 Å². The number of hydrogen-bond acceptors (Lipinski definition) is 4. The van der Waals surface area contributed by atoms with E-state index < -0.39 is 0 Å². The minimum absolute atomic E-state index is 0.264. The summed E-state index contributed by atoms with van der Waals surface area (Å²) < 4.78 is 13.2. The lowest BCUT2D eigenvalue weighted by Gasteiger charge is -2.07. The van der Waals surface area contributed by atoms with Crippen LogP contribution in [0, 0.1) is 12.7 Å². The molecule has 2 aromatic heterocycles. The largest absolute Gasteiger partial charge is 0.298 e. The molecule has 0 atom stereocenters. The molecule has 1 N–H and O–H groups in total. The van der Waals surface area contributed by atoms with Gasteiger partial charge in [0.15, 0.2) is 5.13 Å². The molecular formula is C17H13FN2OS2. The van der Waals surface area contributed by atoms with Crippen molar-refractivity contribution in [1.29, 1.82) is 0 Å². The Morgan fingerprint density at radius 3 is 2.61 bits per heavy atom. The van der Waals surface area contributed by atoms with E-state index in [0.717, 1.165) is 10.6 Å². The van der Waals surface area contributed by atoms with Crippen LogP contribution in [0.3, 0.4) is 0 Å². The van der Waals surface area contributed by atoms with Crippen molar-refractivity contribution in [3.8, 4) is 0 Å². The van der Waals surface area contributed by atoms with Gasteiger partial charge in [-0.1, -0.05) is 18.2 Å². The quantitative estimate of drug-likeness (QED) is 0.689. The third kappa shape index (κ3) is 3.91. The maximum absolute atomic E-state index is 13.2. The minimum Gasteiger partial charge on any atom is -0.298 e. The number of rotatable bonds is 4. The van der Waals surface area contributed by atoms with Gasteiger partial charge in [-0.3, -0.25) is 10.1 Å². The van der Waals surface area contributed by atoms with E-state index >= 15 is 0 Å². The lowest BCUT2D eigenvalue weighted by molar-refractivity contribution is -0.111. The molecule has 0 radical (unpaired) electrons. The van der Waals surface area contributed by atoms with Crippen molar-refractivity contribution < 1.29 is 9.18 Å². The third-order valence-corrected chi connectivity index (χ3v) is 4.76. The highest BCUT2D eigenvalue weighted by Crippen LogP contribution is 2.24. The number of anilines is 1. The molecule has 0 aliphatic heterocycles. The van der Waals surface area contributed by atoms with Gasteiger partial charge in [0.05, 0.1) is 5.69 Å². The van der Waals surface area contributed by atoms with E-state index in [4.69, 9.17) is 0 Å². The average molecular weight is 344 g/mol. The van der Waals surface area contributed by atoms with Crippen LogP contribution in [0.5, 0.6) is 0 Å². The van der Waals surface area contributed by atoms with Crippen LogP contribution in [0.4, 0.5) is 9.52 Å². The highest BCUT2D eigenvalue weighted by molar-refractivity contribution is 7.14. The van der Waals surface area contributed by atoms with Crippen LogP contribution in [-0.4, -0.2) is 10.9 Å². The fourth-order valence-corrected chi connectivity index (χ4v) is 3.34. The number of thiophene rings is 1. The Bertz CT molecular complexity index is 836. The summed E-state index contributed by atoms with van der Waals surface area (Å²) in [7, 11) is 0. The van der Waals surface area contributed by atoms with Gasteiger partial charge in [-0.05, 0) is 42.1 Å². The van der Waals surface area contributed by atoms with Crippen LogP contribution in [-0.2, 0) is 4.79 Å². The molecule has 2 heterocycles. The lowest BCUT2D eigenvalue weighted by atomic mass is 10.0. The minimum atomic E-state index is -0.333. The van der Waals surface area contributed by atoms with Crippen molar-refractivity contribution in [2.45, 2.75) is 6.92 Å². The first kappa shape index (κ1) is 15.6. The molecule has 3 rings (SSSR count). The number of nitrogens with one attached hydrogen (secondary N) is 1. The van der Waals surface area contributed by atoms with Gasteiger partial charge in [-0.15, -0.1) is 22.7 Å². The fourth-order valence-electron chi connectivity index (χ4n) is 2.00. The molecule has 0 unspecified atom stereocenters. The summed E-state index contributed by atoms with van der Waals surface area (Å²) in [4.78, 5) is 17.8. The van der Waals surface area contributed by atoms with Gasteiger partial charge in [0.1, 0.15) is 5.82 Å². The number of aromatic nitrogens is 1. The first-order valence-electron chi connectivity index (χ1n) is 6.86. The predicted molar refractivity (Wildman–Crippen MR) is 94.1 cm³/mol. The number of amides is 1. The van der Waals surface area contributed by atoms with Gasteiger partial charge >= 0.3 is 0 Å². The van der Waals surface area contributed by atoms with E-state index in [0.29, 0.717) is 16.3 Å². The summed E-state index contributed by atoms with van der Waals surface area (Å²) in [6.07, 6.45) is 1.80. The molecule has 116 valence electrons. The molecule has 0 aliphatic carbocycles. The highest BCUT2D eigenvalue weighted by Gasteiger charge is 2.14. The number of benzene rings is 1. The summed E-state index contributed by atoms with van der Waals surface area (Å²) in [6, 6.07) is 9.73. The molecule has 0 aliphatic rings. The number of nitrogens with zero attached hydrogens (tertiary/aromatic N) is 1. The third-order valence-electron chi connectivity index (χ3n) is 3.07. The smallest absolute Gasteiger partial charge is 0.258 e. The molecule has 1 aromatic carbocycles. The van der Waals surface area contributed by atoms with Crippen LogP contribution in [0.1, 0.15) is 16.1 Å². The average Bonchev–Trinajstić information content (AvgIpc) is 3.17. The second-order valence-electron chi connectivity index (χ2n) is 4.83. The van der Waals surface area contributed by atoms with Crippen LogP contribution < -0.4 is 5.32 Å². The standard InChI is InChI=1S/C17H13FN2OS2/c1-11-10-23-17(19-11)20-16(21)15(9-14-3-2-8-22-14)12-4-6-13(18)7-5-12/h2-10H,1H3,(H,19,20,21). The lowest BCUT2D eigenvalue weighted by Crippen LogP contribution is -2.13. The SMILES string of the molecule is Cc1csc(NC(=O)C(=Cc2cccs2)c2ccc(F)cc2)n1. The van der Waals surface area contributed by atoms with Gasteiger partial charge in [-0.25, -0.2) is 9.37 Å². The highest BCUT2D eigenvalue weighted by atomic mass is 32.1. The number of aryl methyl sites for hydroxylation is 1. The molecule has 0 bridgehead atoms. The molecule has 3 aromatic rings. The Morgan fingerprint density at radius 1 is 1.22 bits per heavy atom. The van der Waals surface area contributed by atoms with Crippen LogP contribution in [0.15, 0.2) is 47.2 Å². The summed E-state index contributed by atoms with van der Waals surface area (Å²) in [5.41, 5.74) is 1.99. The summed E-state index contributed by atoms with van der Waals surface area (Å²) in [5, 5.41) is 7.16. The van der Waals surface area contributed by atoms with E-state index in [-0.39, 0.29) is 11.7 Å². The molecule has 3 nitrogen and oxygen atoms in total. The zero-order valence-corrected chi connectivity index (χ0v) is 13.9. The molecular weight excluding hydrogens is 331 g/mol. The monoisotopic (exact) mass is 344 g/mol. The molecule has 1 amide bonds. The van der Waals surface area contributed by atoms with Crippen molar-refractivity contribution in [3.63, 3.8) is 0 Å². The second kappa shape index (κ2) is 6.85. The summed E-state index contributed by atoms with van der Waals surface area (Å²) >= 11 is 2.91.